The molecule has 0 unspecified atom stereocenters. The van der Waals surface area contributed by atoms with E-state index in [1.165, 1.54) is 23.0 Å². The molecule has 30 heavy (non-hydrogen) atoms. The molecule has 3 aromatic rings. The van der Waals surface area contributed by atoms with Crippen molar-refractivity contribution in [1.29, 1.82) is 0 Å². The smallest absolute Gasteiger partial charge is 0.361 e. The van der Waals surface area contributed by atoms with Crippen LogP contribution in [0.4, 0.5) is 13.2 Å². The van der Waals surface area contributed by atoms with E-state index in [0.717, 1.165) is 12.2 Å². The molecule has 0 aromatic carbocycles. The van der Waals surface area contributed by atoms with Crippen LogP contribution in [0.2, 0.25) is 25.7 Å². The summed E-state index contributed by atoms with van der Waals surface area (Å²) in [7, 11) is -1.30. The molecule has 1 N–H and O–H groups in total. The fourth-order valence-corrected chi connectivity index (χ4v) is 3.45. The Labute approximate surface area is 172 Å². The van der Waals surface area contributed by atoms with E-state index >= 15 is 0 Å². The van der Waals surface area contributed by atoms with Crippen molar-refractivity contribution in [1.82, 2.24) is 19.5 Å². The Morgan fingerprint density at radius 3 is 2.43 bits per heavy atom. The number of nitrogens with one attached hydrogen (secondary N) is 1. The van der Waals surface area contributed by atoms with Crippen LogP contribution in [0, 0.1) is 0 Å². The van der Waals surface area contributed by atoms with Gasteiger partial charge in [0.1, 0.15) is 12.6 Å². The van der Waals surface area contributed by atoms with Gasteiger partial charge in [-0.05, 0) is 24.2 Å². The summed E-state index contributed by atoms with van der Waals surface area (Å²) < 4.78 is 46.6. The van der Waals surface area contributed by atoms with Gasteiger partial charge in [-0.25, -0.2) is 4.98 Å². The van der Waals surface area contributed by atoms with Gasteiger partial charge in [-0.3, -0.25) is 9.78 Å². The number of aromatic nitrogens is 4. The molecule has 3 heterocycles. The molecule has 0 spiro atoms. The largest absolute Gasteiger partial charge is 0.434 e. The first kappa shape index (κ1) is 22.0. The number of hydrogen-bond acceptors (Lipinski definition) is 4. The van der Waals surface area contributed by atoms with E-state index in [-0.39, 0.29) is 18.1 Å². The number of imidazole rings is 1. The second kappa shape index (κ2) is 8.56. The summed E-state index contributed by atoms with van der Waals surface area (Å²) in [5.41, 5.74) is 0.500. The van der Waals surface area contributed by atoms with Gasteiger partial charge >= 0.3 is 6.18 Å². The molecule has 0 radical (unpaired) electrons. The minimum Gasteiger partial charge on any atom is -0.361 e. The fourth-order valence-electron chi connectivity index (χ4n) is 2.69. The number of rotatable bonds is 7. The zero-order chi connectivity index (χ0) is 21.9. The maximum atomic E-state index is 13.2. The van der Waals surface area contributed by atoms with Gasteiger partial charge in [-0.15, -0.1) is 0 Å². The van der Waals surface area contributed by atoms with Gasteiger partial charge < -0.3 is 14.3 Å². The Balaban J connectivity index is 1.85. The van der Waals surface area contributed by atoms with Crippen LogP contribution in [0.15, 0.2) is 47.7 Å². The number of pyridine rings is 2. The van der Waals surface area contributed by atoms with Gasteiger partial charge in [0, 0.05) is 50.5 Å². The number of ether oxygens (including phenoxy) is 1. The van der Waals surface area contributed by atoms with E-state index in [4.69, 9.17) is 4.74 Å². The summed E-state index contributed by atoms with van der Waals surface area (Å²) in [5, 5.41) is 0. The van der Waals surface area contributed by atoms with Crippen molar-refractivity contribution in [2.45, 2.75) is 38.6 Å². The van der Waals surface area contributed by atoms with Crippen molar-refractivity contribution in [3.63, 3.8) is 0 Å². The Kier molecular flexibility index (Phi) is 6.27. The zero-order valence-electron chi connectivity index (χ0n) is 17.0. The van der Waals surface area contributed by atoms with Crippen molar-refractivity contribution in [3.05, 3.63) is 58.9 Å². The number of halogens is 3. The number of alkyl halides is 3. The predicted octanol–water partition coefficient (Wildman–Crippen LogP) is 4.63. The van der Waals surface area contributed by atoms with Crippen LogP contribution in [0.5, 0.6) is 0 Å². The Bertz CT molecular complexity index is 1030. The number of H-pyrrole nitrogens is 1. The van der Waals surface area contributed by atoms with Crippen LogP contribution in [0.1, 0.15) is 5.69 Å². The highest BCUT2D eigenvalue weighted by Crippen LogP contribution is 2.31. The quantitative estimate of drug-likeness (QED) is 0.433. The third-order valence-electron chi connectivity index (χ3n) is 4.40. The molecule has 3 rings (SSSR count). The van der Waals surface area contributed by atoms with Crippen molar-refractivity contribution in [2.24, 2.45) is 0 Å². The summed E-state index contributed by atoms with van der Waals surface area (Å²) in [6.07, 6.45) is -0.609. The van der Waals surface area contributed by atoms with Crippen molar-refractivity contribution >= 4 is 8.07 Å². The average Bonchev–Trinajstić information content (AvgIpc) is 3.10. The van der Waals surface area contributed by atoms with E-state index in [0.29, 0.717) is 23.4 Å². The molecule has 10 heteroatoms. The van der Waals surface area contributed by atoms with E-state index in [1.807, 2.05) is 0 Å². The first-order chi connectivity index (χ1) is 14.0. The highest BCUT2D eigenvalue weighted by molar-refractivity contribution is 6.76. The minimum atomic E-state index is -4.55. The number of aromatic amines is 1. The Morgan fingerprint density at radius 1 is 1.13 bits per heavy atom. The molecule has 3 aromatic heterocycles. The van der Waals surface area contributed by atoms with Gasteiger partial charge in [0.15, 0.2) is 5.69 Å². The molecule has 160 valence electrons. The monoisotopic (exact) mass is 436 g/mol. The third-order valence-corrected chi connectivity index (χ3v) is 6.10. The van der Waals surface area contributed by atoms with Crippen LogP contribution in [-0.4, -0.2) is 34.2 Å². The maximum absolute atomic E-state index is 13.2. The topological polar surface area (TPSA) is 72.8 Å². The molecule has 0 saturated carbocycles. The normalized spacial score (nSPS) is 12.3. The second-order valence-electron chi connectivity index (χ2n) is 8.14. The van der Waals surface area contributed by atoms with Gasteiger partial charge in [0.25, 0.3) is 0 Å². The summed E-state index contributed by atoms with van der Waals surface area (Å²) >= 11 is 0. The lowest BCUT2D eigenvalue weighted by molar-refractivity contribution is -0.141. The van der Waals surface area contributed by atoms with Gasteiger partial charge in [0.05, 0.1) is 5.69 Å². The molecule has 0 amide bonds. The molecule has 0 atom stereocenters. The average molecular weight is 437 g/mol. The highest BCUT2D eigenvalue weighted by atomic mass is 28.3. The van der Waals surface area contributed by atoms with Gasteiger partial charge in [-0.2, -0.15) is 13.2 Å². The van der Waals surface area contributed by atoms with E-state index in [9.17, 15) is 18.0 Å². The first-order valence-corrected chi connectivity index (χ1v) is 13.1. The Morgan fingerprint density at radius 2 is 1.87 bits per heavy atom. The molecule has 0 aliphatic heterocycles. The van der Waals surface area contributed by atoms with Crippen molar-refractivity contribution in [3.8, 4) is 22.6 Å². The molecule has 0 aliphatic rings. The zero-order valence-corrected chi connectivity index (χ0v) is 18.0. The molecular weight excluding hydrogens is 413 g/mol. The molecular formula is C20H23F3N4O2Si. The number of nitrogens with zero attached hydrogens (tertiary/aromatic N) is 3. The Hall–Kier alpha value is -2.72. The lowest BCUT2D eigenvalue weighted by Crippen LogP contribution is -2.22. The van der Waals surface area contributed by atoms with E-state index in [2.05, 4.69) is 34.6 Å². The van der Waals surface area contributed by atoms with Gasteiger partial charge in [0.2, 0.25) is 5.56 Å². The first-order valence-electron chi connectivity index (χ1n) is 9.41. The second-order valence-corrected chi connectivity index (χ2v) is 13.8. The minimum absolute atomic E-state index is 0.0232. The van der Waals surface area contributed by atoms with Crippen molar-refractivity contribution in [2.75, 3.05) is 6.61 Å². The van der Waals surface area contributed by atoms with Crippen molar-refractivity contribution < 1.29 is 17.9 Å². The standard InChI is InChI=1S/C20H23F3N4O2Si/c1-30(2,3)9-8-29-13-27-12-17(20(21,22)23)26-19(27)15-4-6-16(24-11-15)14-5-7-18(28)25-10-14/h4-7,10-12H,8-9,13H2,1-3H3,(H,25,28). The SMILES string of the molecule is C[Si](C)(C)CCOCn1cc(C(F)(F)F)nc1-c1ccc(-c2ccc(=O)[nH]c2)nc1. The fraction of sp³-hybridized carbons (Fsp3) is 0.350. The molecule has 0 fully saturated rings. The lowest BCUT2D eigenvalue weighted by Gasteiger charge is -2.16. The van der Waals surface area contributed by atoms with E-state index < -0.39 is 19.9 Å². The third kappa shape index (κ3) is 5.67. The van der Waals surface area contributed by atoms with Crippen LogP contribution in [-0.2, 0) is 17.6 Å². The van der Waals surface area contributed by atoms with Crippen LogP contribution in [0.25, 0.3) is 22.6 Å². The molecule has 0 bridgehead atoms. The molecule has 0 aliphatic carbocycles. The van der Waals surface area contributed by atoms with E-state index in [1.54, 1.807) is 18.2 Å². The molecule has 6 nitrogen and oxygen atoms in total. The summed E-state index contributed by atoms with van der Waals surface area (Å²) in [6.45, 7) is 7.08. The molecule has 0 saturated heterocycles. The summed E-state index contributed by atoms with van der Waals surface area (Å²) in [6, 6.07) is 7.23. The van der Waals surface area contributed by atoms with Gasteiger partial charge in [-0.1, -0.05) is 19.6 Å². The summed E-state index contributed by atoms with van der Waals surface area (Å²) in [4.78, 5) is 21.8. The highest BCUT2D eigenvalue weighted by Gasteiger charge is 2.35. The van der Waals surface area contributed by atoms with Crippen LogP contribution < -0.4 is 5.56 Å². The lowest BCUT2D eigenvalue weighted by atomic mass is 10.1. The summed E-state index contributed by atoms with van der Waals surface area (Å²) in [5.74, 6) is 0.135. The number of hydrogen-bond donors (Lipinski definition) is 1. The van der Waals surface area contributed by atoms with Crippen LogP contribution in [0.3, 0.4) is 0 Å². The predicted molar refractivity (Wildman–Crippen MR) is 111 cm³/mol. The van der Waals surface area contributed by atoms with Crippen LogP contribution >= 0.6 is 0 Å². The maximum Gasteiger partial charge on any atom is 0.434 e.